The van der Waals surface area contributed by atoms with E-state index in [0.717, 1.165) is 30.5 Å². The van der Waals surface area contributed by atoms with Gasteiger partial charge in [0.1, 0.15) is 4.60 Å². The van der Waals surface area contributed by atoms with E-state index in [-0.39, 0.29) is 0 Å². The van der Waals surface area contributed by atoms with E-state index in [9.17, 15) is 0 Å². The Labute approximate surface area is 141 Å². The third kappa shape index (κ3) is 5.74. The Morgan fingerprint density at radius 3 is 2.73 bits per heavy atom. The zero-order chi connectivity index (χ0) is 15.6. The van der Waals surface area contributed by atoms with Crippen molar-refractivity contribution in [3.8, 4) is 0 Å². The Kier molecular flexibility index (Phi) is 7.34. The van der Waals surface area contributed by atoms with Crippen molar-refractivity contribution in [2.45, 2.75) is 25.9 Å². The molecule has 1 atom stereocenters. The summed E-state index contributed by atoms with van der Waals surface area (Å²) in [6, 6.07) is 14.4. The summed E-state index contributed by atoms with van der Waals surface area (Å²) in [6.45, 7) is 5.30. The van der Waals surface area contributed by atoms with Gasteiger partial charge in [-0.1, -0.05) is 42.5 Å². The largest absolute Gasteiger partial charge is 0.376 e. The number of nitrogens with zero attached hydrogens (tertiary/aromatic N) is 1. The Morgan fingerprint density at radius 2 is 2.00 bits per heavy atom. The molecule has 1 heterocycles. The minimum atomic E-state index is 0.494. The van der Waals surface area contributed by atoms with E-state index in [1.54, 1.807) is 6.20 Å². The molecule has 3 heteroatoms. The van der Waals surface area contributed by atoms with Gasteiger partial charge < -0.3 is 4.74 Å². The van der Waals surface area contributed by atoms with E-state index in [1.165, 1.54) is 11.1 Å². The molecule has 0 spiro atoms. The third-order valence-electron chi connectivity index (χ3n) is 3.62. The van der Waals surface area contributed by atoms with Gasteiger partial charge in [0.15, 0.2) is 0 Å². The summed E-state index contributed by atoms with van der Waals surface area (Å²) in [7, 11) is 0. The molecule has 0 aliphatic heterocycles. The van der Waals surface area contributed by atoms with Gasteiger partial charge in [0.25, 0.3) is 0 Å². The maximum atomic E-state index is 5.88. The smallest absolute Gasteiger partial charge is 0.109 e. The molecule has 0 N–H and O–H groups in total. The van der Waals surface area contributed by atoms with Crippen LogP contribution in [-0.4, -0.2) is 11.6 Å². The number of aromatic nitrogens is 1. The van der Waals surface area contributed by atoms with Crippen LogP contribution in [0.1, 0.15) is 24.0 Å². The normalized spacial score (nSPS) is 12.0. The van der Waals surface area contributed by atoms with Gasteiger partial charge >= 0.3 is 0 Å². The molecule has 0 amide bonds. The highest BCUT2D eigenvalue weighted by atomic mass is 79.9. The van der Waals surface area contributed by atoms with Crippen molar-refractivity contribution in [3.05, 3.63) is 77.0 Å². The molecule has 0 saturated carbocycles. The lowest BCUT2D eigenvalue weighted by Gasteiger charge is -2.16. The van der Waals surface area contributed by atoms with Gasteiger partial charge in [-0.05, 0) is 58.3 Å². The lowest BCUT2D eigenvalue weighted by molar-refractivity contribution is 0.0849. The van der Waals surface area contributed by atoms with Crippen LogP contribution in [0.4, 0.5) is 0 Å². The minimum Gasteiger partial charge on any atom is -0.376 e. The first kappa shape index (κ1) is 16.9. The van der Waals surface area contributed by atoms with E-state index in [2.05, 4.69) is 45.7 Å². The molecule has 0 saturated heterocycles. The fourth-order valence-corrected chi connectivity index (χ4v) is 2.84. The molecule has 2 nitrogen and oxygen atoms in total. The van der Waals surface area contributed by atoms with Crippen LogP contribution in [-0.2, 0) is 17.8 Å². The molecule has 1 unspecified atom stereocenters. The average molecular weight is 360 g/mol. The fraction of sp³-hybridized carbons (Fsp3) is 0.316. The summed E-state index contributed by atoms with van der Waals surface area (Å²) in [5, 5.41) is 0. The van der Waals surface area contributed by atoms with Gasteiger partial charge in [0.05, 0.1) is 13.2 Å². The average Bonchev–Trinajstić information content (AvgIpc) is 2.55. The van der Waals surface area contributed by atoms with Crippen LogP contribution in [0.15, 0.2) is 65.9 Å². The molecule has 2 rings (SSSR count). The quantitative estimate of drug-likeness (QED) is 0.454. The van der Waals surface area contributed by atoms with Crippen molar-refractivity contribution in [2.75, 3.05) is 6.61 Å². The summed E-state index contributed by atoms with van der Waals surface area (Å²) < 4.78 is 6.82. The zero-order valence-electron chi connectivity index (χ0n) is 12.7. The third-order valence-corrected chi connectivity index (χ3v) is 4.34. The highest BCUT2D eigenvalue weighted by Gasteiger charge is 2.09. The van der Waals surface area contributed by atoms with Crippen molar-refractivity contribution < 1.29 is 4.74 Å². The second kappa shape index (κ2) is 9.54. The molecule has 22 heavy (non-hydrogen) atoms. The molecule has 1 aromatic carbocycles. The van der Waals surface area contributed by atoms with Gasteiger partial charge in [-0.15, -0.1) is 6.58 Å². The van der Waals surface area contributed by atoms with Crippen LogP contribution < -0.4 is 0 Å². The van der Waals surface area contributed by atoms with Crippen molar-refractivity contribution in [3.63, 3.8) is 0 Å². The summed E-state index contributed by atoms with van der Waals surface area (Å²) in [4.78, 5) is 4.27. The van der Waals surface area contributed by atoms with E-state index < -0.39 is 0 Å². The van der Waals surface area contributed by atoms with Gasteiger partial charge in [-0.3, -0.25) is 0 Å². The number of allylic oxidation sites excluding steroid dienone is 1. The van der Waals surface area contributed by atoms with Crippen LogP contribution in [0.2, 0.25) is 0 Å². The fourth-order valence-electron chi connectivity index (χ4n) is 2.39. The van der Waals surface area contributed by atoms with Gasteiger partial charge in [-0.25, -0.2) is 4.98 Å². The summed E-state index contributed by atoms with van der Waals surface area (Å²) in [6.07, 6.45) is 6.84. The molecule has 0 aliphatic carbocycles. The first-order valence-electron chi connectivity index (χ1n) is 7.61. The van der Waals surface area contributed by atoms with Crippen LogP contribution >= 0.6 is 15.9 Å². The zero-order valence-corrected chi connectivity index (χ0v) is 14.3. The van der Waals surface area contributed by atoms with E-state index in [1.807, 2.05) is 30.3 Å². The number of rotatable bonds is 9. The maximum Gasteiger partial charge on any atom is 0.109 e. The van der Waals surface area contributed by atoms with Gasteiger partial charge in [0.2, 0.25) is 0 Å². The predicted octanol–water partition coefficient (Wildman–Crippen LogP) is 5.19. The molecule has 0 bridgehead atoms. The van der Waals surface area contributed by atoms with Crippen molar-refractivity contribution in [1.82, 2.24) is 4.98 Å². The Balaban J connectivity index is 1.79. The van der Waals surface area contributed by atoms with Crippen molar-refractivity contribution in [1.29, 1.82) is 0 Å². The van der Waals surface area contributed by atoms with Crippen LogP contribution in [0.5, 0.6) is 0 Å². The summed E-state index contributed by atoms with van der Waals surface area (Å²) >= 11 is 3.51. The molecule has 0 aliphatic rings. The first-order chi connectivity index (χ1) is 10.8. The number of ether oxygens (including phenoxy) is 1. The van der Waals surface area contributed by atoms with Crippen molar-refractivity contribution in [2.24, 2.45) is 5.92 Å². The number of hydrogen-bond donors (Lipinski definition) is 0. The van der Waals surface area contributed by atoms with Gasteiger partial charge in [0, 0.05) is 6.20 Å². The lowest BCUT2D eigenvalue weighted by atomic mass is 9.98. The molecular weight excluding hydrogens is 338 g/mol. The molecular formula is C19H22BrNO. The number of benzene rings is 1. The minimum absolute atomic E-state index is 0.494. The first-order valence-corrected chi connectivity index (χ1v) is 8.41. The van der Waals surface area contributed by atoms with Gasteiger partial charge in [-0.2, -0.15) is 0 Å². The molecule has 2 aromatic rings. The highest BCUT2D eigenvalue weighted by molar-refractivity contribution is 9.10. The van der Waals surface area contributed by atoms with E-state index >= 15 is 0 Å². The number of hydrogen-bond acceptors (Lipinski definition) is 2. The number of aryl methyl sites for hydroxylation is 1. The Morgan fingerprint density at radius 1 is 1.18 bits per heavy atom. The second-order valence-corrected chi connectivity index (χ2v) is 6.13. The molecule has 0 radical (unpaired) electrons. The highest BCUT2D eigenvalue weighted by Crippen LogP contribution is 2.19. The second-order valence-electron chi connectivity index (χ2n) is 5.38. The Bertz CT molecular complexity index is 571. The Hall–Kier alpha value is -1.45. The monoisotopic (exact) mass is 359 g/mol. The van der Waals surface area contributed by atoms with Crippen LogP contribution in [0.25, 0.3) is 0 Å². The van der Waals surface area contributed by atoms with E-state index in [4.69, 9.17) is 4.74 Å². The predicted molar refractivity (Wildman–Crippen MR) is 94.7 cm³/mol. The maximum absolute atomic E-state index is 5.88. The van der Waals surface area contributed by atoms with E-state index in [0.29, 0.717) is 12.5 Å². The summed E-state index contributed by atoms with van der Waals surface area (Å²) in [5.41, 5.74) is 2.47. The van der Waals surface area contributed by atoms with Crippen molar-refractivity contribution >= 4 is 15.9 Å². The SMILES string of the molecule is C=CCC(CCc1cccnc1Br)COCc1ccccc1. The molecule has 116 valence electrons. The van der Waals surface area contributed by atoms with Crippen LogP contribution in [0, 0.1) is 5.92 Å². The lowest BCUT2D eigenvalue weighted by Crippen LogP contribution is -2.10. The standard InChI is InChI=1S/C19H22BrNO/c1-2-7-16(11-12-18-10-6-13-21-19(18)20)14-22-15-17-8-4-3-5-9-17/h2-6,8-10,13,16H,1,7,11-12,14-15H2. The number of pyridine rings is 1. The summed E-state index contributed by atoms with van der Waals surface area (Å²) in [5.74, 6) is 0.494. The molecule has 1 aromatic heterocycles. The number of halogens is 1. The van der Waals surface area contributed by atoms with Crippen LogP contribution in [0.3, 0.4) is 0 Å². The topological polar surface area (TPSA) is 22.1 Å². The molecule has 0 fully saturated rings.